The summed E-state index contributed by atoms with van der Waals surface area (Å²) in [7, 11) is -2.25. The van der Waals surface area contributed by atoms with E-state index < -0.39 is 26.3 Å². The lowest BCUT2D eigenvalue weighted by Crippen LogP contribution is -2.48. The Kier molecular flexibility index (Phi) is 6.94. The molecule has 0 radical (unpaired) electrons. The number of carboxylic acid groups (broad SMARTS) is 1. The quantitative estimate of drug-likeness (QED) is 0.554. The van der Waals surface area contributed by atoms with Crippen molar-refractivity contribution < 1.29 is 23.9 Å². The summed E-state index contributed by atoms with van der Waals surface area (Å²) in [5.74, 6) is -0.403. The Morgan fingerprint density at radius 1 is 1.38 bits per heavy atom. The number of halogens is 1. The van der Waals surface area contributed by atoms with Gasteiger partial charge in [0.05, 0.1) is 12.6 Å². The van der Waals surface area contributed by atoms with E-state index in [1.807, 2.05) is 33.9 Å². The molecule has 1 aromatic rings. The summed E-state index contributed by atoms with van der Waals surface area (Å²) in [6.45, 7) is 10.2. The number of rotatable bonds is 7. The van der Waals surface area contributed by atoms with E-state index in [1.165, 1.54) is 18.2 Å². The van der Waals surface area contributed by atoms with E-state index in [9.17, 15) is 19.4 Å². The third kappa shape index (κ3) is 5.88. The molecule has 0 heterocycles. The van der Waals surface area contributed by atoms with Gasteiger partial charge in [-0.05, 0) is 48.7 Å². The summed E-state index contributed by atoms with van der Waals surface area (Å²) in [6, 6.07) is 5.79. The zero-order valence-electron chi connectivity index (χ0n) is 15.0. The zero-order chi connectivity index (χ0) is 18.5. The van der Waals surface area contributed by atoms with Crippen LogP contribution in [0.3, 0.4) is 0 Å². The molecule has 0 aliphatic carbocycles. The molecule has 1 amide bonds. The average Bonchev–Trinajstić information content (AvgIpc) is 2.44. The number of amides is 1. The standard InChI is InChI=1S/C17H28FNO4Si/c1-17(2,3)24(4,5)23-19(16(21)22)11-7-10-15(20)13-8-6-9-14(18)12-13/h6,8-9,12,15,20H,7,10-11H2,1-5H3,(H,21,22). The van der Waals surface area contributed by atoms with Crippen LogP contribution in [0.4, 0.5) is 9.18 Å². The van der Waals surface area contributed by atoms with Crippen LogP contribution in [0.2, 0.25) is 18.1 Å². The fourth-order valence-corrected chi connectivity index (χ4v) is 2.90. The molecular weight excluding hydrogens is 329 g/mol. The molecule has 0 aliphatic heterocycles. The van der Waals surface area contributed by atoms with Gasteiger partial charge in [-0.3, -0.25) is 0 Å². The molecular formula is C17H28FNO4Si. The fourth-order valence-electron chi connectivity index (χ4n) is 1.90. The first-order valence-corrected chi connectivity index (χ1v) is 11.0. The van der Waals surface area contributed by atoms with Crippen molar-refractivity contribution in [1.29, 1.82) is 0 Å². The number of hydroxylamine groups is 2. The molecule has 7 heteroatoms. The molecule has 24 heavy (non-hydrogen) atoms. The van der Waals surface area contributed by atoms with Crippen molar-refractivity contribution in [3.63, 3.8) is 0 Å². The lowest BCUT2D eigenvalue weighted by atomic mass is 10.0. The average molecular weight is 357 g/mol. The number of hydrogen-bond donors (Lipinski definition) is 2. The van der Waals surface area contributed by atoms with Gasteiger partial charge in [0, 0.05) is 0 Å². The minimum atomic E-state index is -2.25. The van der Waals surface area contributed by atoms with Crippen LogP contribution < -0.4 is 0 Å². The SMILES string of the molecule is CC(C)(C)[Si](C)(C)ON(CCCC(O)c1cccc(F)c1)C(=O)O. The fraction of sp³-hybridized carbons (Fsp3) is 0.588. The van der Waals surface area contributed by atoms with Crippen LogP contribution in [0.5, 0.6) is 0 Å². The van der Waals surface area contributed by atoms with Gasteiger partial charge in [0.1, 0.15) is 5.82 Å². The molecule has 0 saturated carbocycles. The lowest BCUT2D eigenvalue weighted by molar-refractivity contribution is -0.0514. The van der Waals surface area contributed by atoms with Gasteiger partial charge >= 0.3 is 6.09 Å². The van der Waals surface area contributed by atoms with Crippen LogP contribution in [-0.4, -0.2) is 36.2 Å². The first-order valence-electron chi connectivity index (χ1n) is 8.07. The first kappa shape index (κ1) is 20.6. The molecule has 136 valence electrons. The molecule has 5 nitrogen and oxygen atoms in total. The van der Waals surface area contributed by atoms with E-state index in [4.69, 9.17) is 4.53 Å². The van der Waals surface area contributed by atoms with Gasteiger partial charge in [-0.25, -0.2) is 9.18 Å². The number of aliphatic hydroxyl groups is 1. The smallest absolute Gasteiger partial charge is 0.430 e. The van der Waals surface area contributed by atoms with E-state index in [2.05, 4.69) is 0 Å². The van der Waals surface area contributed by atoms with E-state index in [0.717, 1.165) is 5.06 Å². The predicted octanol–water partition coefficient (Wildman–Crippen LogP) is 4.56. The lowest BCUT2D eigenvalue weighted by Gasteiger charge is -2.38. The molecule has 1 rings (SSSR count). The highest BCUT2D eigenvalue weighted by atomic mass is 28.4. The van der Waals surface area contributed by atoms with Crippen molar-refractivity contribution in [1.82, 2.24) is 5.06 Å². The van der Waals surface area contributed by atoms with Crippen LogP contribution in [0.1, 0.15) is 45.3 Å². The topological polar surface area (TPSA) is 70.0 Å². The zero-order valence-corrected chi connectivity index (χ0v) is 16.0. The van der Waals surface area contributed by atoms with Gasteiger partial charge in [0.15, 0.2) is 0 Å². The van der Waals surface area contributed by atoms with Crippen molar-refractivity contribution in [2.45, 2.75) is 57.8 Å². The number of benzene rings is 1. The van der Waals surface area contributed by atoms with Gasteiger partial charge in [-0.1, -0.05) is 32.9 Å². The second kappa shape index (κ2) is 8.09. The van der Waals surface area contributed by atoms with Gasteiger partial charge in [0.25, 0.3) is 0 Å². The summed E-state index contributed by atoms with van der Waals surface area (Å²) in [4.78, 5) is 11.4. The summed E-state index contributed by atoms with van der Waals surface area (Å²) in [5.41, 5.74) is 0.488. The summed E-state index contributed by atoms with van der Waals surface area (Å²) < 4.78 is 19.0. The minimum absolute atomic E-state index is 0.109. The Morgan fingerprint density at radius 2 is 2.00 bits per heavy atom. The highest BCUT2D eigenvalue weighted by molar-refractivity contribution is 6.74. The van der Waals surface area contributed by atoms with Gasteiger partial charge in [-0.2, -0.15) is 5.06 Å². The molecule has 0 spiro atoms. The number of nitrogens with zero attached hydrogens (tertiary/aromatic N) is 1. The van der Waals surface area contributed by atoms with Crippen LogP contribution >= 0.6 is 0 Å². The van der Waals surface area contributed by atoms with E-state index in [0.29, 0.717) is 18.4 Å². The third-order valence-electron chi connectivity index (χ3n) is 4.43. The van der Waals surface area contributed by atoms with Gasteiger partial charge in [0.2, 0.25) is 8.32 Å². The summed E-state index contributed by atoms with van der Waals surface area (Å²) in [6.07, 6.45) is -1.23. The molecule has 0 bridgehead atoms. The van der Waals surface area contributed by atoms with E-state index >= 15 is 0 Å². The molecule has 1 unspecified atom stereocenters. The van der Waals surface area contributed by atoms with Crippen molar-refractivity contribution >= 4 is 14.4 Å². The molecule has 0 saturated heterocycles. The van der Waals surface area contributed by atoms with E-state index in [1.54, 1.807) is 6.07 Å². The van der Waals surface area contributed by atoms with Crippen molar-refractivity contribution in [2.75, 3.05) is 6.54 Å². The Bertz CT molecular complexity index is 560. The monoisotopic (exact) mass is 357 g/mol. The van der Waals surface area contributed by atoms with Crippen LogP contribution in [0, 0.1) is 5.82 Å². The summed E-state index contributed by atoms with van der Waals surface area (Å²) >= 11 is 0. The maximum Gasteiger partial charge on any atom is 0.430 e. The Balaban J connectivity index is 2.60. The van der Waals surface area contributed by atoms with Gasteiger partial charge in [-0.15, -0.1) is 0 Å². The van der Waals surface area contributed by atoms with E-state index in [-0.39, 0.29) is 11.6 Å². The van der Waals surface area contributed by atoms with Crippen molar-refractivity contribution in [2.24, 2.45) is 0 Å². The van der Waals surface area contributed by atoms with Crippen LogP contribution in [0.25, 0.3) is 0 Å². The summed E-state index contributed by atoms with van der Waals surface area (Å²) in [5, 5.41) is 20.3. The number of carbonyl (C=O) groups is 1. The normalized spacial score (nSPS) is 13.6. The maximum atomic E-state index is 13.2. The Labute approximate surface area is 144 Å². The van der Waals surface area contributed by atoms with Crippen LogP contribution in [0.15, 0.2) is 24.3 Å². The number of aliphatic hydroxyl groups excluding tert-OH is 1. The molecule has 0 aliphatic rings. The highest BCUT2D eigenvalue weighted by Gasteiger charge is 2.40. The van der Waals surface area contributed by atoms with Gasteiger partial charge < -0.3 is 14.7 Å². The Hall–Kier alpha value is -1.44. The third-order valence-corrected chi connectivity index (χ3v) is 8.72. The highest BCUT2D eigenvalue weighted by Crippen LogP contribution is 2.37. The van der Waals surface area contributed by atoms with Crippen molar-refractivity contribution in [3.05, 3.63) is 35.6 Å². The predicted molar refractivity (Wildman–Crippen MR) is 93.6 cm³/mol. The molecule has 0 aromatic heterocycles. The minimum Gasteiger partial charge on any atom is -0.463 e. The second-order valence-corrected chi connectivity index (χ2v) is 12.2. The van der Waals surface area contributed by atoms with Crippen LogP contribution in [-0.2, 0) is 4.53 Å². The molecule has 1 aromatic carbocycles. The molecule has 0 fully saturated rings. The molecule has 1 atom stereocenters. The number of hydrogen-bond acceptors (Lipinski definition) is 3. The maximum absolute atomic E-state index is 13.2. The second-order valence-electron chi connectivity index (χ2n) is 7.45. The first-order chi connectivity index (χ1) is 10.9. The Morgan fingerprint density at radius 3 is 2.50 bits per heavy atom. The van der Waals surface area contributed by atoms with Crippen molar-refractivity contribution in [3.8, 4) is 0 Å². The largest absolute Gasteiger partial charge is 0.463 e. The molecule has 2 N–H and O–H groups in total.